The molecule has 0 saturated carbocycles. The van der Waals surface area contributed by atoms with Crippen LogP contribution < -0.4 is 0 Å². The summed E-state index contributed by atoms with van der Waals surface area (Å²) in [5, 5.41) is 0. The Balaban J connectivity index is 2.89. The summed E-state index contributed by atoms with van der Waals surface area (Å²) < 4.78 is 0. The Morgan fingerprint density at radius 2 is 1.64 bits per heavy atom. The maximum atomic E-state index is 5.28. The van der Waals surface area contributed by atoms with E-state index in [1.807, 2.05) is 19.0 Å². The van der Waals surface area contributed by atoms with Gasteiger partial charge in [0.15, 0.2) is 0 Å². The summed E-state index contributed by atoms with van der Waals surface area (Å²) in [7, 11) is 3.94. The van der Waals surface area contributed by atoms with E-state index >= 15 is 0 Å². The predicted octanol–water partition coefficient (Wildman–Crippen LogP) is 3.05. The molecule has 0 spiro atoms. The lowest BCUT2D eigenvalue weighted by Gasteiger charge is -2.14. The molecule has 2 heteroatoms. The quantitative estimate of drug-likeness (QED) is 0.686. The standard InChI is InChI=1S/C12H17NS/c1-9(2)10-5-7-11(8-6-10)12(14)13(3)4/h5-9H,1-4H3. The van der Waals surface area contributed by atoms with Gasteiger partial charge in [0.1, 0.15) is 4.99 Å². The van der Waals surface area contributed by atoms with E-state index in [2.05, 4.69) is 38.1 Å². The Kier molecular flexibility index (Phi) is 3.64. The lowest BCUT2D eigenvalue weighted by molar-refractivity contribution is 0.636. The van der Waals surface area contributed by atoms with Gasteiger partial charge < -0.3 is 4.90 Å². The number of thiocarbonyl (C=S) groups is 1. The van der Waals surface area contributed by atoms with E-state index in [0.29, 0.717) is 5.92 Å². The first-order chi connectivity index (χ1) is 6.52. The number of hydrogen-bond acceptors (Lipinski definition) is 1. The van der Waals surface area contributed by atoms with Crippen LogP contribution in [0.25, 0.3) is 0 Å². The van der Waals surface area contributed by atoms with Gasteiger partial charge in [-0.25, -0.2) is 0 Å². The number of hydrogen-bond donors (Lipinski definition) is 0. The highest BCUT2D eigenvalue weighted by Gasteiger charge is 2.03. The Bertz CT molecular complexity index is 312. The van der Waals surface area contributed by atoms with Gasteiger partial charge >= 0.3 is 0 Å². The van der Waals surface area contributed by atoms with Gasteiger partial charge in [0.25, 0.3) is 0 Å². The average molecular weight is 207 g/mol. The molecule has 0 radical (unpaired) electrons. The maximum absolute atomic E-state index is 5.28. The molecular formula is C12H17NS. The Hall–Kier alpha value is -0.890. The van der Waals surface area contributed by atoms with E-state index in [0.717, 1.165) is 10.6 Å². The molecule has 1 aromatic rings. The van der Waals surface area contributed by atoms with Crippen LogP contribution in [-0.4, -0.2) is 24.0 Å². The van der Waals surface area contributed by atoms with E-state index in [1.165, 1.54) is 5.56 Å². The second kappa shape index (κ2) is 4.56. The van der Waals surface area contributed by atoms with Crippen molar-refractivity contribution in [2.45, 2.75) is 19.8 Å². The molecule has 1 rings (SSSR count). The maximum Gasteiger partial charge on any atom is 0.108 e. The summed E-state index contributed by atoms with van der Waals surface area (Å²) in [5.74, 6) is 0.581. The highest BCUT2D eigenvalue weighted by Crippen LogP contribution is 2.15. The minimum absolute atomic E-state index is 0.581. The smallest absolute Gasteiger partial charge is 0.108 e. The van der Waals surface area contributed by atoms with E-state index in [-0.39, 0.29) is 0 Å². The van der Waals surface area contributed by atoms with E-state index < -0.39 is 0 Å². The summed E-state index contributed by atoms with van der Waals surface area (Å²) >= 11 is 5.28. The van der Waals surface area contributed by atoms with Crippen LogP contribution in [0.2, 0.25) is 0 Å². The van der Waals surface area contributed by atoms with Crippen molar-refractivity contribution in [3.63, 3.8) is 0 Å². The summed E-state index contributed by atoms with van der Waals surface area (Å²) in [4.78, 5) is 2.85. The summed E-state index contributed by atoms with van der Waals surface area (Å²) in [6.45, 7) is 4.39. The molecule has 0 atom stereocenters. The third-order valence-corrected chi connectivity index (χ3v) is 2.83. The van der Waals surface area contributed by atoms with E-state index in [4.69, 9.17) is 12.2 Å². The first-order valence-corrected chi connectivity index (χ1v) is 5.25. The van der Waals surface area contributed by atoms with Crippen molar-refractivity contribution in [2.75, 3.05) is 14.1 Å². The zero-order valence-corrected chi connectivity index (χ0v) is 10.1. The van der Waals surface area contributed by atoms with Gasteiger partial charge in [0.2, 0.25) is 0 Å². The van der Waals surface area contributed by atoms with Crippen molar-refractivity contribution in [3.05, 3.63) is 35.4 Å². The molecule has 0 saturated heterocycles. The predicted molar refractivity (Wildman–Crippen MR) is 65.9 cm³/mol. The summed E-state index contributed by atoms with van der Waals surface area (Å²) in [5.41, 5.74) is 2.48. The van der Waals surface area contributed by atoms with Gasteiger partial charge in [-0.1, -0.05) is 50.3 Å². The molecule has 14 heavy (non-hydrogen) atoms. The van der Waals surface area contributed by atoms with Crippen molar-refractivity contribution in [1.82, 2.24) is 4.90 Å². The van der Waals surface area contributed by atoms with Gasteiger partial charge in [-0.2, -0.15) is 0 Å². The van der Waals surface area contributed by atoms with E-state index in [9.17, 15) is 0 Å². The number of rotatable bonds is 2. The monoisotopic (exact) mass is 207 g/mol. The number of nitrogens with zero attached hydrogens (tertiary/aromatic N) is 1. The molecule has 0 aliphatic heterocycles. The fourth-order valence-electron chi connectivity index (χ4n) is 1.27. The Labute approximate surface area is 91.7 Å². The zero-order valence-electron chi connectivity index (χ0n) is 9.24. The molecule has 0 heterocycles. The molecule has 0 amide bonds. The second-order valence-corrected chi connectivity index (χ2v) is 4.36. The van der Waals surface area contributed by atoms with Gasteiger partial charge in [0, 0.05) is 19.7 Å². The van der Waals surface area contributed by atoms with Crippen LogP contribution >= 0.6 is 12.2 Å². The van der Waals surface area contributed by atoms with Gasteiger partial charge in [-0.05, 0) is 11.5 Å². The first-order valence-electron chi connectivity index (χ1n) is 4.84. The lowest BCUT2D eigenvalue weighted by atomic mass is 10.0. The first kappa shape index (κ1) is 11.2. The fraction of sp³-hybridized carbons (Fsp3) is 0.417. The van der Waals surface area contributed by atoms with E-state index in [1.54, 1.807) is 0 Å². The Morgan fingerprint density at radius 3 is 2.00 bits per heavy atom. The zero-order chi connectivity index (χ0) is 10.7. The Morgan fingerprint density at radius 1 is 1.14 bits per heavy atom. The SMILES string of the molecule is CC(C)c1ccc(C(=S)N(C)C)cc1. The van der Waals surface area contributed by atoms with Crippen LogP contribution in [0.4, 0.5) is 0 Å². The molecule has 0 aliphatic rings. The molecule has 1 aromatic carbocycles. The minimum Gasteiger partial charge on any atom is -0.368 e. The van der Waals surface area contributed by atoms with Crippen LogP contribution in [0.1, 0.15) is 30.9 Å². The average Bonchev–Trinajstić information content (AvgIpc) is 2.16. The molecular weight excluding hydrogens is 190 g/mol. The largest absolute Gasteiger partial charge is 0.368 e. The topological polar surface area (TPSA) is 3.24 Å². The van der Waals surface area contributed by atoms with Crippen LogP contribution in [0.15, 0.2) is 24.3 Å². The molecule has 0 aliphatic carbocycles. The summed E-state index contributed by atoms with van der Waals surface area (Å²) in [6.07, 6.45) is 0. The van der Waals surface area contributed by atoms with Crippen LogP contribution in [0, 0.1) is 0 Å². The van der Waals surface area contributed by atoms with Gasteiger partial charge in [-0.15, -0.1) is 0 Å². The summed E-state index contributed by atoms with van der Waals surface area (Å²) in [6, 6.07) is 8.49. The van der Waals surface area contributed by atoms with Crippen LogP contribution in [0.5, 0.6) is 0 Å². The van der Waals surface area contributed by atoms with Gasteiger partial charge in [0.05, 0.1) is 0 Å². The van der Waals surface area contributed by atoms with Crippen molar-refractivity contribution >= 4 is 17.2 Å². The van der Waals surface area contributed by atoms with Crippen LogP contribution in [0.3, 0.4) is 0 Å². The van der Waals surface area contributed by atoms with Crippen molar-refractivity contribution < 1.29 is 0 Å². The van der Waals surface area contributed by atoms with Crippen molar-refractivity contribution in [1.29, 1.82) is 0 Å². The van der Waals surface area contributed by atoms with Gasteiger partial charge in [-0.3, -0.25) is 0 Å². The second-order valence-electron chi connectivity index (χ2n) is 3.98. The fourth-order valence-corrected chi connectivity index (χ4v) is 1.40. The van der Waals surface area contributed by atoms with Crippen LogP contribution in [-0.2, 0) is 0 Å². The lowest BCUT2D eigenvalue weighted by Crippen LogP contribution is -2.20. The number of benzene rings is 1. The molecule has 1 nitrogen and oxygen atoms in total. The molecule has 0 aromatic heterocycles. The third kappa shape index (κ3) is 2.55. The normalized spacial score (nSPS) is 10.4. The molecule has 0 fully saturated rings. The van der Waals surface area contributed by atoms with Crippen molar-refractivity contribution in [3.8, 4) is 0 Å². The highest BCUT2D eigenvalue weighted by molar-refractivity contribution is 7.80. The molecule has 0 bridgehead atoms. The van der Waals surface area contributed by atoms with Crippen molar-refractivity contribution in [2.24, 2.45) is 0 Å². The third-order valence-electron chi connectivity index (χ3n) is 2.23. The highest BCUT2D eigenvalue weighted by atomic mass is 32.1. The minimum atomic E-state index is 0.581. The molecule has 0 unspecified atom stereocenters. The molecule has 76 valence electrons. The molecule has 0 N–H and O–H groups in total.